The lowest BCUT2D eigenvalue weighted by atomic mass is 9.95. The zero-order chi connectivity index (χ0) is 14.5. The Hall–Kier alpha value is -0.970. The van der Waals surface area contributed by atoms with Crippen LogP contribution in [0.1, 0.15) is 36.5 Å². The van der Waals surface area contributed by atoms with Gasteiger partial charge in [0.1, 0.15) is 0 Å². The minimum absolute atomic E-state index is 0.151. The number of hydrogen-bond donors (Lipinski definition) is 0. The number of rotatable bonds is 6. The Balaban J connectivity index is 3.05. The Bertz CT molecular complexity index is 438. The zero-order valence-electron chi connectivity index (χ0n) is 10.7. The first-order chi connectivity index (χ1) is 8.90. The van der Waals surface area contributed by atoms with Gasteiger partial charge >= 0.3 is 6.18 Å². The first kappa shape index (κ1) is 16.1. The predicted octanol–water partition coefficient (Wildman–Crippen LogP) is 5.68. The molecule has 0 nitrogen and oxygen atoms in total. The highest BCUT2D eigenvalue weighted by atomic mass is 32.2. The van der Waals surface area contributed by atoms with Crippen molar-refractivity contribution in [3.8, 4) is 0 Å². The average Bonchev–Trinajstić information content (AvgIpc) is 2.37. The number of allylic oxidation sites excluding steroid dienone is 1. The van der Waals surface area contributed by atoms with Gasteiger partial charge in [0.25, 0.3) is 0 Å². The molecule has 0 unspecified atom stereocenters. The predicted molar refractivity (Wildman–Crippen MR) is 72.7 cm³/mol. The van der Waals surface area contributed by atoms with E-state index in [1.54, 1.807) is 13.0 Å². The molecule has 19 heavy (non-hydrogen) atoms. The zero-order valence-corrected chi connectivity index (χ0v) is 11.5. The lowest BCUT2D eigenvalue weighted by molar-refractivity contribution is -0.137. The Morgan fingerprint density at radius 1 is 1.32 bits per heavy atom. The molecular weight excluding hydrogens is 276 g/mol. The van der Waals surface area contributed by atoms with Gasteiger partial charge in [0.2, 0.25) is 0 Å². The van der Waals surface area contributed by atoms with E-state index in [-0.39, 0.29) is 17.7 Å². The summed E-state index contributed by atoms with van der Waals surface area (Å²) in [5, 5.41) is 0. The van der Waals surface area contributed by atoms with Crippen LogP contribution in [0.15, 0.2) is 24.8 Å². The second kappa shape index (κ2) is 6.98. The summed E-state index contributed by atoms with van der Waals surface area (Å²) in [5.41, 5.74) is 0.551. The van der Waals surface area contributed by atoms with Crippen LogP contribution in [0.25, 0.3) is 5.57 Å². The maximum absolute atomic E-state index is 13.0. The summed E-state index contributed by atoms with van der Waals surface area (Å²) in [6, 6.07) is 4.28. The van der Waals surface area contributed by atoms with Crippen molar-refractivity contribution in [2.24, 2.45) is 0 Å². The summed E-state index contributed by atoms with van der Waals surface area (Å²) in [6.07, 6.45) is -2.95. The molecule has 0 fully saturated rings. The van der Waals surface area contributed by atoms with Crippen molar-refractivity contribution in [3.63, 3.8) is 0 Å². The third-order valence-corrected chi connectivity index (χ3v) is 3.33. The first-order valence-corrected chi connectivity index (χ1v) is 6.90. The van der Waals surface area contributed by atoms with Gasteiger partial charge in [0, 0.05) is 17.9 Å². The van der Waals surface area contributed by atoms with Gasteiger partial charge in [-0.25, -0.2) is 0 Å². The molecule has 1 rings (SSSR count). The van der Waals surface area contributed by atoms with Gasteiger partial charge in [-0.15, -0.1) is 0 Å². The van der Waals surface area contributed by atoms with Gasteiger partial charge < -0.3 is 0 Å². The second-order valence-electron chi connectivity index (χ2n) is 4.25. The molecule has 106 valence electrons. The third-order valence-electron chi connectivity index (χ3n) is 2.88. The van der Waals surface area contributed by atoms with Gasteiger partial charge in [-0.1, -0.05) is 25.6 Å². The van der Waals surface area contributed by atoms with E-state index < -0.39 is 11.7 Å². The van der Waals surface area contributed by atoms with Crippen LogP contribution in [0.3, 0.4) is 0 Å². The standard InChI is InChI=1S/C14H16F4S/c1-3-10(2)12-7-6-11(5-4-8-19-18)9-13(12)14(15,16)17/h6-7,9H,2-5,8H2,1H3. The number of halogens is 4. The second-order valence-corrected chi connectivity index (χ2v) is 4.88. The van der Waals surface area contributed by atoms with E-state index >= 15 is 0 Å². The van der Waals surface area contributed by atoms with Crippen molar-refractivity contribution in [2.45, 2.75) is 32.4 Å². The van der Waals surface area contributed by atoms with Crippen LogP contribution in [0, 0.1) is 0 Å². The molecule has 5 heteroatoms. The molecule has 0 heterocycles. The molecule has 0 aromatic heterocycles. The molecule has 0 amide bonds. The minimum Gasteiger partial charge on any atom is -0.166 e. The Morgan fingerprint density at radius 2 is 2.00 bits per heavy atom. The third kappa shape index (κ3) is 4.56. The highest BCUT2D eigenvalue weighted by Crippen LogP contribution is 2.36. The van der Waals surface area contributed by atoms with Crippen LogP contribution in [0.2, 0.25) is 0 Å². The van der Waals surface area contributed by atoms with Gasteiger partial charge in [-0.05, 0) is 42.0 Å². The molecule has 0 radical (unpaired) electrons. The molecular formula is C14H16F4S. The SMILES string of the molecule is C=C(CC)c1ccc(CCCSF)cc1C(F)(F)F. The van der Waals surface area contributed by atoms with Crippen molar-refractivity contribution >= 4 is 17.7 Å². The van der Waals surface area contributed by atoms with Crippen LogP contribution >= 0.6 is 12.1 Å². The maximum Gasteiger partial charge on any atom is 0.417 e. The van der Waals surface area contributed by atoms with E-state index in [0.29, 0.717) is 36.2 Å². The number of aryl methyl sites for hydroxylation is 1. The summed E-state index contributed by atoms with van der Waals surface area (Å²) in [6.45, 7) is 5.44. The van der Waals surface area contributed by atoms with E-state index in [2.05, 4.69) is 6.58 Å². The van der Waals surface area contributed by atoms with Crippen LogP contribution < -0.4 is 0 Å². The van der Waals surface area contributed by atoms with Gasteiger partial charge in [-0.2, -0.15) is 17.1 Å². The molecule has 0 bridgehead atoms. The Kier molecular flexibility index (Phi) is 5.91. The van der Waals surface area contributed by atoms with Crippen LogP contribution in [0.5, 0.6) is 0 Å². The lowest BCUT2D eigenvalue weighted by Crippen LogP contribution is -2.09. The van der Waals surface area contributed by atoms with Crippen molar-refractivity contribution in [2.75, 3.05) is 5.75 Å². The molecule has 1 aromatic carbocycles. The smallest absolute Gasteiger partial charge is 0.166 e. The van der Waals surface area contributed by atoms with Crippen molar-refractivity contribution in [1.82, 2.24) is 0 Å². The number of alkyl halides is 3. The number of hydrogen-bond acceptors (Lipinski definition) is 1. The fourth-order valence-electron chi connectivity index (χ4n) is 1.81. The van der Waals surface area contributed by atoms with Crippen LogP contribution in [-0.4, -0.2) is 5.75 Å². The van der Waals surface area contributed by atoms with E-state index in [0.717, 1.165) is 6.07 Å². The Morgan fingerprint density at radius 3 is 2.53 bits per heavy atom. The van der Waals surface area contributed by atoms with Crippen molar-refractivity contribution in [3.05, 3.63) is 41.5 Å². The van der Waals surface area contributed by atoms with Gasteiger partial charge in [-0.3, -0.25) is 0 Å². The van der Waals surface area contributed by atoms with Gasteiger partial charge in [0.05, 0.1) is 5.56 Å². The fourth-order valence-corrected chi connectivity index (χ4v) is 2.06. The molecule has 0 aliphatic rings. The molecule has 0 spiro atoms. The monoisotopic (exact) mass is 292 g/mol. The molecule has 0 aliphatic carbocycles. The molecule has 0 saturated heterocycles. The minimum atomic E-state index is -4.39. The topological polar surface area (TPSA) is 0 Å². The largest absolute Gasteiger partial charge is 0.417 e. The normalized spacial score (nSPS) is 11.6. The van der Waals surface area contributed by atoms with Crippen molar-refractivity contribution < 1.29 is 17.1 Å². The Labute approximate surface area is 115 Å². The summed E-state index contributed by atoms with van der Waals surface area (Å²) >= 11 is 0.206. The fraction of sp³-hybridized carbons (Fsp3) is 0.429. The maximum atomic E-state index is 13.0. The molecule has 0 atom stereocenters. The van der Waals surface area contributed by atoms with Crippen LogP contribution in [-0.2, 0) is 12.6 Å². The quantitative estimate of drug-likeness (QED) is 0.480. The summed E-state index contributed by atoms with van der Waals surface area (Å²) in [7, 11) is 0. The summed E-state index contributed by atoms with van der Waals surface area (Å²) < 4.78 is 50.9. The average molecular weight is 292 g/mol. The highest BCUT2D eigenvalue weighted by molar-refractivity contribution is 7.94. The lowest BCUT2D eigenvalue weighted by Gasteiger charge is -2.15. The van der Waals surface area contributed by atoms with Gasteiger partial charge in [0.15, 0.2) is 0 Å². The highest BCUT2D eigenvalue weighted by Gasteiger charge is 2.33. The summed E-state index contributed by atoms with van der Waals surface area (Å²) in [5.74, 6) is 0.296. The molecule has 0 saturated carbocycles. The first-order valence-electron chi connectivity index (χ1n) is 6.02. The van der Waals surface area contributed by atoms with E-state index in [1.165, 1.54) is 6.07 Å². The van der Waals surface area contributed by atoms with Crippen molar-refractivity contribution in [1.29, 1.82) is 0 Å². The van der Waals surface area contributed by atoms with E-state index in [9.17, 15) is 17.1 Å². The van der Waals surface area contributed by atoms with E-state index in [4.69, 9.17) is 0 Å². The van der Waals surface area contributed by atoms with E-state index in [1.807, 2.05) is 0 Å². The number of benzene rings is 1. The molecule has 0 aliphatic heterocycles. The molecule has 0 N–H and O–H groups in total. The summed E-state index contributed by atoms with van der Waals surface area (Å²) in [4.78, 5) is 0. The molecule has 1 aromatic rings. The van der Waals surface area contributed by atoms with Crippen LogP contribution in [0.4, 0.5) is 17.1 Å².